The summed E-state index contributed by atoms with van der Waals surface area (Å²) in [5.41, 5.74) is 1.60. The van der Waals surface area contributed by atoms with E-state index in [0.29, 0.717) is 5.69 Å². The summed E-state index contributed by atoms with van der Waals surface area (Å²) in [6, 6.07) is 8.82. The van der Waals surface area contributed by atoms with Gasteiger partial charge in [0.25, 0.3) is 0 Å². The average Bonchev–Trinajstić information content (AvgIpc) is 2.36. The second-order valence-electron chi connectivity index (χ2n) is 3.33. The molecule has 1 aromatic rings. The highest BCUT2D eigenvalue weighted by molar-refractivity contribution is 5.94. The van der Waals surface area contributed by atoms with E-state index in [-0.39, 0.29) is 0 Å². The van der Waals surface area contributed by atoms with Crippen molar-refractivity contribution in [3.8, 4) is 6.07 Å². The number of nitrogens with zero attached hydrogens (tertiary/aromatic N) is 2. The molecule has 0 radical (unpaired) electrons. The number of methoxy groups -OCH3 is 1. The van der Waals surface area contributed by atoms with Crippen molar-refractivity contribution in [2.75, 3.05) is 12.0 Å². The summed E-state index contributed by atoms with van der Waals surface area (Å²) in [6.45, 7) is 0. The van der Waals surface area contributed by atoms with Gasteiger partial charge in [-0.2, -0.15) is 5.26 Å². The van der Waals surface area contributed by atoms with Gasteiger partial charge in [0.05, 0.1) is 18.9 Å². The fourth-order valence-corrected chi connectivity index (χ4v) is 1.69. The molecule has 4 nitrogen and oxygen atoms in total. The molecule has 0 fully saturated rings. The van der Waals surface area contributed by atoms with Gasteiger partial charge < -0.3 is 4.74 Å². The maximum atomic E-state index is 11.6. The molecule has 0 aromatic heterocycles. The van der Waals surface area contributed by atoms with Gasteiger partial charge in [-0.15, -0.1) is 0 Å². The van der Waals surface area contributed by atoms with E-state index in [1.54, 1.807) is 12.1 Å². The smallest absolute Gasteiger partial charge is 0.415 e. The molecule has 80 valence electrons. The number of rotatable bonds is 0. The van der Waals surface area contributed by atoms with Crippen LogP contribution in [0.1, 0.15) is 5.56 Å². The molecule has 1 unspecified atom stereocenters. The van der Waals surface area contributed by atoms with Crippen molar-refractivity contribution in [1.82, 2.24) is 0 Å². The zero-order valence-electron chi connectivity index (χ0n) is 8.75. The lowest BCUT2D eigenvalue weighted by molar-refractivity contribution is 0.178. The van der Waals surface area contributed by atoms with Gasteiger partial charge in [0.2, 0.25) is 0 Å². The molecule has 4 heteroatoms. The normalized spacial score (nSPS) is 17.5. The first-order valence-corrected chi connectivity index (χ1v) is 4.82. The van der Waals surface area contributed by atoms with Crippen molar-refractivity contribution >= 4 is 17.9 Å². The van der Waals surface area contributed by atoms with Gasteiger partial charge in [0.1, 0.15) is 6.04 Å². The third-order valence-corrected chi connectivity index (χ3v) is 2.44. The van der Waals surface area contributed by atoms with Crippen molar-refractivity contribution in [1.29, 1.82) is 5.26 Å². The fourth-order valence-electron chi connectivity index (χ4n) is 1.69. The third kappa shape index (κ3) is 1.52. The van der Waals surface area contributed by atoms with Crippen LogP contribution >= 0.6 is 0 Å². The van der Waals surface area contributed by atoms with E-state index in [1.165, 1.54) is 12.0 Å². The third-order valence-electron chi connectivity index (χ3n) is 2.44. The highest BCUT2D eigenvalue weighted by Crippen LogP contribution is 2.28. The van der Waals surface area contributed by atoms with Crippen LogP contribution in [0.4, 0.5) is 10.5 Å². The van der Waals surface area contributed by atoms with Crippen LogP contribution in [0.5, 0.6) is 0 Å². The van der Waals surface area contributed by atoms with Gasteiger partial charge in [0.15, 0.2) is 0 Å². The SMILES string of the molecule is COC(=O)N1c2ccccc2C=CC1C#N. The lowest BCUT2D eigenvalue weighted by Crippen LogP contribution is -2.40. The number of ether oxygens (including phenoxy) is 1. The highest BCUT2D eigenvalue weighted by Gasteiger charge is 2.28. The van der Waals surface area contributed by atoms with Crippen LogP contribution in [0, 0.1) is 11.3 Å². The number of benzene rings is 1. The maximum absolute atomic E-state index is 11.6. The maximum Gasteiger partial charge on any atom is 0.415 e. The highest BCUT2D eigenvalue weighted by atomic mass is 16.5. The van der Waals surface area contributed by atoms with Gasteiger partial charge >= 0.3 is 6.09 Å². The van der Waals surface area contributed by atoms with E-state index in [0.717, 1.165) is 5.56 Å². The minimum atomic E-state index is -0.609. The summed E-state index contributed by atoms with van der Waals surface area (Å²) in [6.07, 6.45) is 2.99. The summed E-state index contributed by atoms with van der Waals surface area (Å²) < 4.78 is 4.68. The summed E-state index contributed by atoms with van der Waals surface area (Å²) in [7, 11) is 1.30. The molecule has 0 N–H and O–H groups in total. The van der Waals surface area contributed by atoms with E-state index >= 15 is 0 Å². The van der Waals surface area contributed by atoms with Crippen molar-refractivity contribution in [2.45, 2.75) is 6.04 Å². The first-order valence-electron chi connectivity index (χ1n) is 4.82. The standard InChI is InChI=1S/C12H10N2O2/c1-16-12(15)14-10(8-13)7-6-9-4-2-3-5-11(9)14/h2-7,10H,1H3. The largest absolute Gasteiger partial charge is 0.452 e. The zero-order valence-corrected chi connectivity index (χ0v) is 8.75. The van der Waals surface area contributed by atoms with Crippen LogP contribution in [0.3, 0.4) is 0 Å². The predicted octanol–water partition coefficient (Wildman–Crippen LogP) is 2.18. The van der Waals surface area contributed by atoms with Crippen LogP contribution in [0.15, 0.2) is 30.3 Å². The molecule has 0 aliphatic carbocycles. The Morgan fingerprint density at radius 2 is 2.25 bits per heavy atom. The first-order chi connectivity index (χ1) is 7.77. The van der Waals surface area contributed by atoms with Crippen LogP contribution < -0.4 is 4.90 Å². The van der Waals surface area contributed by atoms with Gasteiger partial charge in [-0.25, -0.2) is 4.79 Å². The number of nitriles is 1. The number of fused-ring (bicyclic) bond motifs is 1. The molecule has 1 aliphatic heterocycles. The van der Waals surface area contributed by atoms with Crippen LogP contribution in [0.25, 0.3) is 6.08 Å². The van der Waals surface area contributed by atoms with Crippen LogP contribution in [-0.4, -0.2) is 19.2 Å². The van der Waals surface area contributed by atoms with Gasteiger partial charge in [-0.1, -0.05) is 24.3 Å². The number of hydrogen-bond acceptors (Lipinski definition) is 3. The molecule has 0 spiro atoms. The quantitative estimate of drug-likeness (QED) is 0.665. The van der Waals surface area contributed by atoms with Crippen LogP contribution in [0.2, 0.25) is 0 Å². The number of carbonyl (C=O) groups excluding carboxylic acids is 1. The van der Waals surface area contributed by atoms with E-state index < -0.39 is 12.1 Å². The Labute approximate surface area is 93.4 Å². The molecule has 0 saturated carbocycles. The second kappa shape index (κ2) is 4.07. The molecule has 2 rings (SSSR count). The Kier molecular flexibility index (Phi) is 2.61. The van der Waals surface area contributed by atoms with E-state index in [4.69, 9.17) is 5.26 Å². The summed E-state index contributed by atoms with van der Waals surface area (Å²) in [5, 5.41) is 8.98. The van der Waals surface area contributed by atoms with Crippen molar-refractivity contribution in [3.63, 3.8) is 0 Å². The molecule has 16 heavy (non-hydrogen) atoms. The zero-order chi connectivity index (χ0) is 11.5. The molecule has 0 saturated heterocycles. The minimum absolute atomic E-state index is 0.525. The molecule has 1 aromatic carbocycles. The van der Waals surface area contributed by atoms with Crippen LogP contribution in [-0.2, 0) is 4.74 Å². The Balaban J connectivity index is 2.51. The van der Waals surface area contributed by atoms with Crippen molar-refractivity contribution < 1.29 is 9.53 Å². The lowest BCUT2D eigenvalue weighted by atomic mass is 10.0. The van der Waals surface area contributed by atoms with Crippen molar-refractivity contribution in [2.24, 2.45) is 0 Å². The van der Waals surface area contributed by atoms with E-state index in [1.807, 2.05) is 30.3 Å². The Hall–Kier alpha value is -2.28. The summed E-state index contributed by atoms with van der Waals surface area (Å²) in [5.74, 6) is 0. The molecule has 1 atom stereocenters. The van der Waals surface area contributed by atoms with Gasteiger partial charge in [-0.3, -0.25) is 4.90 Å². The summed E-state index contributed by atoms with van der Waals surface area (Å²) >= 11 is 0. The average molecular weight is 214 g/mol. The number of anilines is 1. The number of hydrogen-bond donors (Lipinski definition) is 0. The first kappa shape index (κ1) is 10.2. The monoisotopic (exact) mass is 214 g/mol. The molecule has 1 amide bonds. The number of amides is 1. The molecular weight excluding hydrogens is 204 g/mol. The van der Waals surface area contributed by atoms with E-state index in [2.05, 4.69) is 4.74 Å². The predicted molar refractivity (Wildman–Crippen MR) is 59.8 cm³/mol. The number of para-hydroxylation sites is 1. The minimum Gasteiger partial charge on any atom is -0.452 e. The molecule has 1 aliphatic rings. The van der Waals surface area contributed by atoms with Crippen molar-refractivity contribution in [3.05, 3.63) is 35.9 Å². The molecular formula is C12H10N2O2. The van der Waals surface area contributed by atoms with Gasteiger partial charge in [-0.05, 0) is 17.7 Å². The number of carbonyl (C=O) groups is 1. The second-order valence-corrected chi connectivity index (χ2v) is 3.33. The topological polar surface area (TPSA) is 53.3 Å². The lowest BCUT2D eigenvalue weighted by Gasteiger charge is -2.28. The fraction of sp³-hybridized carbons (Fsp3) is 0.167. The molecule has 1 heterocycles. The summed E-state index contributed by atoms with van der Waals surface area (Å²) in [4.78, 5) is 13.0. The van der Waals surface area contributed by atoms with Gasteiger partial charge in [0, 0.05) is 0 Å². The Morgan fingerprint density at radius 3 is 2.94 bits per heavy atom. The Morgan fingerprint density at radius 1 is 1.50 bits per heavy atom. The Bertz CT molecular complexity index is 488. The molecule has 0 bridgehead atoms. The van der Waals surface area contributed by atoms with E-state index in [9.17, 15) is 4.79 Å².